The van der Waals surface area contributed by atoms with Crippen LogP contribution in [-0.4, -0.2) is 48.9 Å². The molecule has 0 spiro atoms. The molecule has 3 rings (SSSR count). The molecule has 33 heavy (non-hydrogen) atoms. The van der Waals surface area contributed by atoms with Crippen LogP contribution in [0.25, 0.3) is 0 Å². The van der Waals surface area contributed by atoms with E-state index in [1.807, 2.05) is 0 Å². The maximum absolute atomic E-state index is 13.0. The van der Waals surface area contributed by atoms with E-state index in [0.717, 1.165) is 12.3 Å². The molecule has 2 aromatic rings. The van der Waals surface area contributed by atoms with Gasteiger partial charge in [-0.15, -0.1) is 0 Å². The van der Waals surface area contributed by atoms with Crippen molar-refractivity contribution in [2.24, 2.45) is 5.92 Å². The number of ether oxygens (including phenoxy) is 1. The Morgan fingerprint density at radius 1 is 1.18 bits per heavy atom. The highest BCUT2D eigenvalue weighted by molar-refractivity contribution is 7.88. The molecule has 1 heterocycles. The van der Waals surface area contributed by atoms with Crippen LogP contribution in [0.2, 0.25) is 5.02 Å². The van der Waals surface area contributed by atoms with Crippen molar-refractivity contribution in [2.75, 3.05) is 24.7 Å². The van der Waals surface area contributed by atoms with Crippen LogP contribution >= 0.6 is 11.6 Å². The van der Waals surface area contributed by atoms with Crippen LogP contribution in [-0.2, 0) is 24.3 Å². The molecule has 0 aromatic heterocycles. The Kier molecular flexibility index (Phi) is 7.67. The van der Waals surface area contributed by atoms with Crippen LogP contribution < -0.4 is 5.32 Å². The molecule has 1 fully saturated rings. The normalized spacial score (nSPS) is 16.1. The van der Waals surface area contributed by atoms with Crippen molar-refractivity contribution in [1.82, 2.24) is 4.31 Å². The summed E-state index contributed by atoms with van der Waals surface area (Å²) in [4.78, 5) is 36.3. The number of halogens is 1. The number of sulfonamides is 1. The summed E-state index contributed by atoms with van der Waals surface area (Å²) in [5.41, 5.74) is 0.162. The lowest BCUT2D eigenvalue weighted by molar-refractivity contribution is -0.384. The van der Waals surface area contributed by atoms with Crippen LogP contribution in [0.3, 0.4) is 0 Å². The summed E-state index contributed by atoms with van der Waals surface area (Å²) in [7, 11) is -3.34. The fraction of sp³-hybridized carbons (Fsp3) is 0.333. The van der Waals surface area contributed by atoms with Gasteiger partial charge in [-0.05, 0) is 25.0 Å². The van der Waals surface area contributed by atoms with Gasteiger partial charge < -0.3 is 10.1 Å². The minimum Gasteiger partial charge on any atom is -0.447 e. The summed E-state index contributed by atoms with van der Waals surface area (Å²) in [5.74, 6) is -1.87. The van der Waals surface area contributed by atoms with Gasteiger partial charge in [0.15, 0.2) is 0 Å². The predicted molar refractivity (Wildman–Crippen MR) is 121 cm³/mol. The van der Waals surface area contributed by atoms with Gasteiger partial charge in [-0.1, -0.05) is 41.9 Å². The maximum Gasteiger partial charge on any atom is 0.310 e. The zero-order chi connectivity index (χ0) is 24.2. The van der Waals surface area contributed by atoms with Gasteiger partial charge in [0, 0.05) is 30.4 Å². The number of rotatable bonds is 7. The number of hydrogen-bond donors (Lipinski definition) is 1. The van der Waals surface area contributed by atoms with Gasteiger partial charge in [0.1, 0.15) is 5.02 Å². The molecule has 1 aliphatic heterocycles. The number of nitrogens with zero attached hydrogens (tertiary/aromatic N) is 2. The molecule has 2 aromatic carbocycles. The first-order chi connectivity index (χ1) is 15.6. The third kappa shape index (κ3) is 6.28. The number of piperidine rings is 1. The number of carbonyl (C=O) groups excluding carboxylic acids is 2. The summed E-state index contributed by atoms with van der Waals surface area (Å²) in [6.45, 7) is 0.379. The smallest absolute Gasteiger partial charge is 0.310 e. The van der Waals surface area contributed by atoms with Crippen molar-refractivity contribution in [1.29, 1.82) is 0 Å². The fourth-order valence-corrected chi connectivity index (χ4v) is 4.54. The molecular formula is C21H22ClN3O7S. The summed E-state index contributed by atoms with van der Waals surface area (Å²) in [5, 5.41) is 13.6. The lowest BCUT2D eigenvalue weighted by Gasteiger charge is -2.30. The van der Waals surface area contributed by atoms with E-state index in [-0.39, 0.29) is 42.3 Å². The fourth-order valence-electron chi connectivity index (χ4n) is 3.47. The largest absolute Gasteiger partial charge is 0.447 e. The van der Waals surface area contributed by atoms with Gasteiger partial charge in [-0.3, -0.25) is 19.7 Å². The number of nitro benzene ring substituents is 1. The molecule has 12 heteroatoms. The molecule has 1 unspecified atom stereocenters. The van der Waals surface area contributed by atoms with Gasteiger partial charge in [0.25, 0.3) is 11.6 Å². The maximum atomic E-state index is 13.0. The van der Waals surface area contributed by atoms with Crippen molar-refractivity contribution in [3.8, 4) is 0 Å². The second-order valence-electron chi connectivity index (χ2n) is 7.58. The number of benzene rings is 2. The standard InChI is InChI=1S/C21H22ClN3O7S/c1-33(30,31)24-11-9-15(10-12-24)21(27)32-19(14-5-3-2-4-6-14)20(26)23-16-7-8-17(22)18(13-16)25(28)29/h2-8,13,15,19H,9-12H2,1H3,(H,23,26). The third-order valence-corrected chi connectivity index (χ3v) is 6.86. The quantitative estimate of drug-likeness (QED) is 0.354. The van der Waals surface area contributed by atoms with Crippen LogP contribution in [0.5, 0.6) is 0 Å². The lowest BCUT2D eigenvalue weighted by Crippen LogP contribution is -2.40. The summed E-state index contributed by atoms with van der Waals surface area (Å²) >= 11 is 5.81. The molecule has 0 bridgehead atoms. The number of esters is 1. The summed E-state index contributed by atoms with van der Waals surface area (Å²) < 4.78 is 30.2. The van der Waals surface area contributed by atoms with Gasteiger partial charge in [0.2, 0.25) is 16.1 Å². The number of hydrogen-bond acceptors (Lipinski definition) is 7. The van der Waals surface area contributed by atoms with Gasteiger partial charge in [0.05, 0.1) is 17.1 Å². The third-order valence-electron chi connectivity index (χ3n) is 5.24. The Bertz CT molecular complexity index is 1150. The van der Waals surface area contributed by atoms with Crippen LogP contribution in [0.15, 0.2) is 48.5 Å². The highest BCUT2D eigenvalue weighted by atomic mass is 35.5. The number of carbonyl (C=O) groups is 2. The first kappa shape index (κ1) is 24.6. The van der Waals surface area contributed by atoms with Crippen molar-refractivity contribution in [3.63, 3.8) is 0 Å². The van der Waals surface area contributed by atoms with Crippen molar-refractivity contribution in [2.45, 2.75) is 18.9 Å². The van der Waals surface area contributed by atoms with Crippen LogP contribution in [0.1, 0.15) is 24.5 Å². The Labute approximate surface area is 195 Å². The molecule has 1 amide bonds. The average Bonchev–Trinajstić information content (AvgIpc) is 2.78. The second-order valence-corrected chi connectivity index (χ2v) is 9.97. The Balaban J connectivity index is 1.76. The zero-order valence-electron chi connectivity index (χ0n) is 17.6. The zero-order valence-corrected chi connectivity index (χ0v) is 19.2. The van der Waals surface area contributed by atoms with Crippen LogP contribution in [0.4, 0.5) is 11.4 Å². The van der Waals surface area contributed by atoms with E-state index < -0.39 is 38.8 Å². The van der Waals surface area contributed by atoms with E-state index in [4.69, 9.17) is 16.3 Å². The van der Waals surface area contributed by atoms with E-state index in [1.165, 1.54) is 16.4 Å². The molecule has 1 saturated heterocycles. The predicted octanol–water partition coefficient (Wildman–Crippen LogP) is 3.14. The minimum absolute atomic E-state index is 0.0792. The van der Waals surface area contributed by atoms with E-state index in [9.17, 15) is 28.1 Å². The number of amides is 1. The van der Waals surface area contributed by atoms with Crippen molar-refractivity contribution < 1.29 is 27.7 Å². The number of nitro groups is 1. The lowest BCUT2D eigenvalue weighted by atomic mass is 9.98. The monoisotopic (exact) mass is 495 g/mol. The minimum atomic E-state index is -3.34. The molecule has 0 saturated carbocycles. The van der Waals surface area contributed by atoms with E-state index in [0.29, 0.717) is 5.56 Å². The molecule has 176 valence electrons. The number of anilines is 1. The van der Waals surface area contributed by atoms with Crippen LogP contribution in [0, 0.1) is 16.0 Å². The van der Waals surface area contributed by atoms with E-state index in [1.54, 1.807) is 30.3 Å². The SMILES string of the molecule is CS(=O)(=O)N1CCC(C(=O)OC(C(=O)Nc2ccc(Cl)c([N+](=O)[O-])c2)c2ccccc2)CC1. The highest BCUT2D eigenvalue weighted by Gasteiger charge is 2.33. The summed E-state index contributed by atoms with van der Waals surface area (Å²) in [6.07, 6.45) is 0.362. The van der Waals surface area contributed by atoms with Crippen molar-refractivity contribution >= 4 is 44.9 Å². The van der Waals surface area contributed by atoms with Gasteiger partial charge >= 0.3 is 5.97 Å². The van der Waals surface area contributed by atoms with Gasteiger partial charge in [-0.2, -0.15) is 0 Å². The average molecular weight is 496 g/mol. The number of nitrogens with one attached hydrogen (secondary N) is 1. The van der Waals surface area contributed by atoms with E-state index in [2.05, 4.69) is 5.32 Å². The first-order valence-corrected chi connectivity index (χ1v) is 12.2. The second kappa shape index (κ2) is 10.3. The molecule has 0 radical (unpaired) electrons. The van der Waals surface area contributed by atoms with Crippen molar-refractivity contribution in [3.05, 3.63) is 69.2 Å². The first-order valence-electron chi connectivity index (χ1n) is 10.0. The molecule has 1 aliphatic rings. The Morgan fingerprint density at radius 2 is 1.82 bits per heavy atom. The molecule has 10 nitrogen and oxygen atoms in total. The topological polar surface area (TPSA) is 136 Å². The molecular weight excluding hydrogens is 474 g/mol. The van der Waals surface area contributed by atoms with E-state index >= 15 is 0 Å². The van der Waals surface area contributed by atoms with Gasteiger partial charge in [-0.25, -0.2) is 12.7 Å². The summed E-state index contributed by atoms with van der Waals surface area (Å²) in [6, 6.07) is 12.1. The molecule has 1 N–H and O–H groups in total. The molecule has 0 aliphatic carbocycles. The highest BCUT2D eigenvalue weighted by Crippen LogP contribution is 2.29. The Hall–Kier alpha value is -3.02. The molecule has 1 atom stereocenters. The Morgan fingerprint density at radius 3 is 2.39 bits per heavy atom.